The number of nitrogens with one attached hydrogen (secondary N) is 1. The quantitative estimate of drug-likeness (QED) is 0.613. The van der Waals surface area contributed by atoms with Crippen molar-refractivity contribution in [3.63, 3.8) is 0 Å². The number of pyridine rings is 1. The van der Waals surface area contributed by atoms with Crippen LogP contribution < -0.4 is 10.1 Å². The third-order valence-corrected chi connectivity index (χ3v) is 4.06. The zero-order chi connectivity index (χ0) is 17.2. The van der Waals surface area contributed by atoms with Crippen LogP contribution in [-0.4, -0.2) is 55.3 Å². The molecule has 0 aliphatic carbocycles. The minimum absolute atomic E-state index is 0.393. The SMILES string of the molecule is CCCOc1ccc(CNC(=NC)N2CCC(OCC)CC2)cn1. The third kappa shape index (κ3) is 5.67. The Morgan fingerprint density at radius 2 is 2.12 bits per heavy atom. The Kier molecular flexibility index (Phi) is 7.82. The van der Waals surface area contributed by atoms with Crippen LogP contribution in [0.15, 0.2) is 23.3 Å². The molecule has 0 saturated carbocycles. The fraction of sp³-hybridized carbons (Fsp3) is 0.667. The van der Waals surface area contributed by atoms with Crippen LogP contribution in [0.2, 0.25) is 0 Å². The lowest BCUT2D eigenvalue weighted by Crippen LogP contribution is -2.46. The first-order valence-corrected chi connectivity index (χ1v) is 8.91. The number of piperidine rings is 1. The molecule has 1 aliphatic rings. The van der Waals surface area contributed by atoms with Gasteiger partial charge in [0, 0.05) is 45.6 Å². The Morgan fingerprint density at radius 3 is 2.71 bits per heavy atom. The van der Waals surface area contributed by atoms with Crippen molar-refractivity contribution in [2.45, 2.75) is 45.8 Å². The highest BCUT2D eigenvalue weighted by Crippen LogP contribution is 2.14. The average Bonchev–Trinajstić information content (AvgIpc) is 2.63. The molecule has 1 aromatic rings. The zero-order valence-corrected chi connectivity index (χ0v) is 15.1. The van der Waals surface area contributed by atoms with Crippen LogP contribution in [0.3, 0.4) is 0 Å². The van der Waals surface area contributed by atoms with Crippen LogP contribution in [0.5, 0.6) is 5.88 Å². The fourth-order valence-electron chi connectivity index (χ4n) is 2.79. The van der Waals surface area contributed by atoms with E-state index in [9.17, 15) is 0 Å². The van der Waals surface area contributed by atoms with Gasteiger partial charge >= 0.3 is 0 Å². The summed E-state index contributed by atoms with van der Waals surface area (Å²) < 4.78 is 11.2. The molecule has 0 atom stereocenters. The Balaban J connectivity index is 1.79. The maximum Gasteiger partial charge on any atom is 0.213 e. The number of likely N-dealkylation sites (tertiary alicyclic amines) is 1. The van der Waals surface area contributed by atoms with Gasteiger partial charge in [-0.25, -0.2) is 4.98 Å². The van der Waals surface area contributed by atoms with E-state index in [4.69, 9.17) is 9.47 Å². The van der Waals surface area contributed by atoms with Gasteiger partial charge in [0.05, 0.1) is 12.7 Å². The van der Waals surface area contributed by atoms with E-state index in [0.717, 1.165) is 50.5 Å². The summed E-state index contributed by atoms with van der Waals surface area (Å²) >= 11 is 0. The van der Waals surface area contributed by atoms with Crippen molar-refractivity contribution >= 4 is 5.96 Å². The summed E-state index contributed by atoms with van der Waals surface area (Å²) in [6, 6.07) is 3.96. The average molecular weight is 334 g/mol. The fourth-order valence-corrected chi connectivity index (χ4v) is 2.79. The van der Waals surface area contributed by atoms with Gasteiger partial charge in [-0.05, 0) is 31.7 Å². The van der Waals surface area contributed by atoms with E-state index in [1.807, 2.05) is 25.4 Å². The van der Waals surface area contributed by atoms with E-state index >= 15 is 0 Å². The molecule has 2 heterocycles. The molecule has 1 saturated heterocycles. The maximum atomic E-state index is 5.71. The van der Waals surface area contributed by atoms with Gasteiger partial charge in [-0.1, -0.05) is 13.0 Å². The first-order chi connectivity index (χ1) is 11.8. The Morgan fingerprint density at radius 1 is 1.33 bits per heavy atom. The first-order valence-electron chi connectivity index (χ1n) is 8.91. The Bertz CT molecular complexity index is 496. The summed E-state index contributed by atoms with van der Waals surface area (Å²) in [7, 11) is 1.83. The lowest BCUT2D eigenvalue weighted by Gasteiger charge is -2.34. The van der Waals surface area contributed by atoms with Crippen molar-refractivity contribution in [3.8, 4) is 5.88 Å². The molecular formula is C18H30N4O2. The highest BCUT2D eigenvalue weighted by Gasteiger charge is 2.21. The molecular weight excluding hydrogens is 304 g/mol. The van der Waals surface area contributed by atoms with E-state index in [1.54, 1.807) is 0 Å². The zero-order valence-electron chi connectivity index (χ0n) is 15.1. The molecule has 0 aromatic carbocycles. The van der Waals surface area contributed by atoms with Crippen LogP contribution in [0.4, 0.5) is 0 Å². The van der Waals surface area contributed by atoms with Gasteiger partial charge in [0.25, 0.3) is 0 Å². The third-order valence-electron chi connectivity index (χ3n) is 4.06. The molecule has 1 N–H and O–H groups in total. The number of guanidine groups is 1. The van der Waals surface area contributed by atoms with Crippen molar-refractivity contribution < 1.29 is 9.47 Å². The minimum Gasteiger partial charge on any atom is -0.478 e. The lowest BCUT2D eigenvalue weighted by atomic mass is 10.1. The molecule has 2 rings (SSSR count). The molecule has 1 fully saturated rings. The van der Waals surface area contributed by atoms with Crippen LogP contribution in [0, 0.1) is 0 Å². The molecule has 0 unspecified atom stereocenters. The van der Waals surface area contributed by atoms with E-state index in [0.29, 0.717) is 25.1 Å². The van der Waals surface area contributed by atoms with Gasteiger partial charge < -0.3 is 19.7 Å². The number of ether oxygens (including phenoxy) is 2. The second-order valence-corrected chi connectivity index (χ2v) is 5.90. The van der Waals surface area contributed by atoms with Gasteiger partial charge in [0.15, 0.2) is 5.96 Å². The number of aromatic nitrogens is 1. The molecule has 0 bridgehead atoms. The summed E-state index contributed by atoms with van der Waals surface area (Å²) in [4.78, 5) is 11.0. The molecule has 24 heavy (non-hydrogen) atoms. The predicted molar refractivity (Wildman–Crippen MR) is 96.4 cm³/mol. The van der Waals surface area contributed by atoms with Crippen molar-refractivity contribution in [1.82, 2.24) is 15.2 Å². The second kappa shape index (κ2) is 10.1. The molecule has 1 aromatic heterocycles. The molecule has 0 radical (unpaired) electrons. The van der Waals surface area contributed by atoms with Crippen molar-refractivity contribution in [2.24, 2.45) is 4.99 Å². The highest BCUT2D eigenvalue weighted by molar-refractivity contribution is 5.79. The lowest BCUT2D eigenvalue weighted by molar-refractivity contribution is 0.0263. The molecule has 1 aliphatic heterocycles. The van der Waals surface area contributed by atoms with Gasteiger partial charge in [-0.2, -0.15) is 0 Å². The number of hydrogen-bond acceptors (Lipinski definition) is 4. The largest absolute Gasteiger partial charge is 0.478 e. The monoisotopic (exact) mass is 334 g/mol. The van der Waals surface area contributed by atoms with Crippen LogP contribution in [0.1, 0.15) is 38.7 Å². The Hall–Kier alpha value is -1.82. The summed E-state index contributed by atoms with van der Waals surface area (Å²) in [5.74, 6) is 1.62. The summed E-state index contributed by atoms with van der Waals surface area (Å²) in [5.41, 5.74) is 1.12. The number of rotatable bonds is 7. The topological polar surface area (TPSA) is 59.0 Å². The van der Waals surface area contributed by atoms with Crippen molar-refractivity contribution in [1.29, 1.82) is 0 Å². The van der Waals surface area contributed by atoms with E-state index in [-0.39, 0.29) is 0 Å². The highest BCUT2D eigenvalue weighted by atomic mass is 16.5. The minimum atomic E-state index is 0.393. The van der Waals surface area contributed by atoms with Gasteiger partial charge in [0.1, 0.15) is 0 Å². The standard InChI is InChI=1S/C18H30N4O2/c1-4-12-24-17-7-6-15(13-20-17)14-21-18(19-3)22-10-8-16(9-11-22)23-5-2/h6-7,13,16H,4-5,8-12,14H2,1-3H3,(H,19,21). The van der Waals surface area contributed by atoms with Gasteiger partial charge in [-0.15, -0.1) is 0 Å². The molecule has 0 spiro atoms. The van der Waals surface area contributed by atoms with Crippen molar-refractivity contribution in [3.05, 3.63) is 23.9 Å². The van der Waals surface area contributed by atoms with Crippen LogP contribution >= 0.6 is 0 Å². The van der Waals surface area contributed by atoms with E-state index in [1.165, 1.54) is 0 Å². The summed E-state index contributed by atoms with van der Waals surface area (Å²) in [6.45, 7) is 8.30. The molecule has 6 heteroatoms. The molecule has 6 nitrogen and oxygen atoms in total. The maximum absolute atomic E-state index is 5.71. The summed E-state index contributed by atoms with van der Waals surface area (Å²) in [5, 5.41) is 3.42. The smallest absolute Gasteiger partial charge is 0.213 e. The van der Waals surface area contributed by atoms with Crippen molar-refractivity contribution in [2.75, 3.05) is 33.4 Å². The molecule has 0 amide bonds. The Labute approximate surface area is 145 Å². The predicted octanol–water partition coefficient (Wildman–Crippen LogP) is 2.45. The number of nitrogens with zero attached hydrogens (tertiary/aromatic N) is 3. The van der Waals surface area contributed by atoms with Gasteiger partial charge in [0.2, 0.25) is 5.88 Å². The normalized spacial score (nSPS) is 16.3. The van der Waals surface area contributed by atoms with Crippen LogP contribution in [0.25, 0.3) is 0 Å². The number of aliphatic imine (C=N–C) groups is 1. The molecule has 134 valence electrons. The number of hydrogen-bond donors (Lipinski definition) is 1. The van der Waals surface area contributed by atoms with E-state index < -0.39 is 0 Å². The van der Waals surface area contributed by atoms with Crippen LogP contribution in [-0.2, 0) is 11.3 Å². The van der Waals surface area contributed by atoms with E-state index in [2.05, 4.69) is 34.0 Å². The first kappa shape index (κ1) is 18.5. The summed E-state index contributed by atoms with van der Waals surface area (Å²) in [6.07, 6.45) is 5.34. The second-order valence-electron chi connectivity index (χ2n) is 5.90. The van der Waals surface area contributed by atoms with Gasteiger partial charge in [-0.3, -0.25) is 4.99 Å².